The van der Waals surface area contributed by atoms with Crippen LogP contribution in [0.3, 0.4) is 0 Å². The fraction of sp³-hybridized carbons (Fsp3) is 0.231. The average Bonchev–Trinajstić information content (AvgIpc) is 2.09. The van der Waals surface area contributed by atoms with Crippen molar-refractivity contribution in [2.75, 3.05) is 0 Å². The highest BCUT2D eigenvalue weighted by Gasteiger charge is 2.13. The third-order valence-corrected chi connectivity index (χ3v) is 3.08. The lowest BCUT2D eigenvalue weighted by Crippen LogP contribution is -2.07. The zero-order valence-electron chi connectivity index (χ0n) is 7.80. The number of aryl methyl sites for hydroxylation is 3. The van der Waals surface area contributed by atoms with Gasteiger partial charge in [0.15, 0.2) is 0 Å². The molecule has 0 N–H and O–H groups in total. The van der Waals surface area contributed by atoms with Gasteiger partial charge in [0, 0.05) is 0 Å². The molecule has 0 saturated heterocycles. The second-order valence-corrected chi connectivity index (χ2v) is 3.92. The molecule has 0 amide bonds. The van der Waals surface area contributed by atoms with Crippen LogP contribution in [0.1, 0.15) is 16.7 Å². The molecule has 0 saturated carbocycles. The van der Waals surface area contributed by atoms with Gasteiger partial charge < -0.3 is 0 Å². The van der Waals surface area contributed by atoms with Crippen molar-refractivity contribution in [2.24, 2.45) is 0 Å². The summed E-state index contributed by atoms with van der Waals surface area (Å²) in [5, 5.41) is 2.83. The van der Waals surface area contributed by atoms with Gasteiger partial charge in [-0.25, -0.2) is 0 Å². The van der Waals surface area contributed by atoms with E-state index in [0.29, 0.717) is 0 Å². The van der Waals surface area contributed by atoms with Gasteiger partial charge in [0.2, 0.25) is 0 Å². The van der Waals surface area contributed by atoms with E-state index in [2.05, 4.69) is 37.3 Å². The van der Waals surface area contributed by atoms with E-state index in [0.717, 1.165) is 0 Å². The third kappa shape index (κ3) is 0.918. The van der Waals surface area contributed by atoms with Gasteiger partial charge in [-0.2, -0.15) is 0 Å². The zero-order chi connectivity index (χ0) is 8.84. The predicted molar refractivity (Wildman–Crippen MR) is 56.1 cm³/mol. The Balaban J connectivity index is 2.44. The number of hydrogen-bond donors (Lipinski definition) is 0. The van der Waals surface area contributed by atoms with E-state index in [1.54, 1.807) is 11.1 Å². The zero-order valence-corrected chi connectivity index (χ0v) is 7.80. The molecular formula is C13H12. The normalized spacial score (nSPS) is 13.9. The highest BCUT2D eigenvalue weighted by molar-refractivity contribution is 5.87. The maximum absolute atomic E-state index is 2.36. The summed E-state index contributed by atoms with van der Waals surface area (Å²) in [6, 6.07) is 11.3. The van der Waals surface area contributed by atoms with Gasteiger partial charge in [-0.05, 0) is 47.2 Å². The highest BCUT2D eigenvalue weighted by Crippen LogP contribution is 2.29. The second-order valence-electron chi connectivity index (χ2n) is 3.92. The van der Waals surface area contributed by atoms with Crippen molar-refractivity contribution in [3.05, 3.63) is 47.0 Å². The Morgan fingerprint density at radius 1 is 1.00 bits per heavy atom. The minimum absolute atomic E-state index is 1.28. The first kappa shape index (κ1) is 7.14. The molecule has 64 valence electrons. The van der Waals surface area contributed by atoms with Gasteiger partial charge in [-0.1, -0.05) is 30.3 Å². The van der Waals surface area contributed by atoms with Crippen LogP contribution in [0, 0.1) is 6.92 Å². The standard InChI is InChI=1S/C13H12/c1-9-3-2-4-12-7-10-5-6-11(10)8-13(9)12/h2-4,7-8H,5-6H2,1H3. The number of benzene rings is 2. The maximum atomic E-state index is 2.36. The summed E-state index contributed by atoms with van der Waals surface area (Å²) in [5.41, 5.74) is 4.51. The fourth-order valence-corrected chi connectivity index (χ4v) is 2.13. The van der Waals surface area contributed by atoms with Crippen molar-refractivity contribution in [3.8, 4) is 0 Å². The molecule has 13 heavy (non-hydrogen) atoms. The molecule has 0 fully saturated rings. The van der Waals surface area contributed by atoms with Crippen molar-refractivity contribution in [2.45, 2.75) is 19.8 Å². The van der Waals surface area contributed by atoms with Crippen molar-refractivity contribution in [3.63, 3.8) is 0 Å². The smallest absolute Gasteiger partial charge is 0.0152 e. The van der Waals surface area contributed by atoms with Crippen LogP contribution in [0.4, 0.5) is 0 Å². The van der Waals surface area contributed by atoms with Crippen LogP contribution in [-0.4, -0.2) is 0 Å². The van der Waals surface area contributed by atoms with Crippen LogP contribution >= 0.6 is 0 Å². The summed E-state index contributed by atoms with van der Waals surface area (Å²) >= 11 is 0. The van der Waals surface area contributed by atoms with Gasteiger partial charge in [0.25, 0.3) is 0 Å². The Labute approximate surface area is 78.2 Å². The molecule has 0 aliphatic heterocycles. The van der Waals surface area contributed by atoms with Crippen LogP contribution in [0.2, 0.25) is 0 Å². The molecule has 0 bridgehead atoms. The summed E-state index contributed by atoms with van der Waals surface area (Å²) in [6.07, 6.45) is 2.55. The lowest BCUT2D eigenvalue weighted by Gasteiger charge is -2.19. The number of fused-ring (bicyclic) bond motifs is 2. The van der Waals surface area contributed by atoms with Crippen LogP contribution in [-0.2, 0) is 12.8 Å². The van der Waals surface area contributed by atoms with Crippen molar-refractivity contribution in [1.29, 1.82) is 0 Å². The van der Waals surface area contributed by atoms with Gasteiger partial charge in [-0.15, -0.1) is 0 Å². The molecular weight excluding hydrogens is 156 g/mol. The van der Waals surface area contributed by atoms with E-state index in [1.165, 1.54) is 29.2 Å². The molecule has 0 radical (unpaired) electrons. The SMILES string of the molecule is Cc1cccc2cc3c(cc12)CC3. The Bertz CT molecular complexity index is 481. The maximum Gasteiger partial charge on any atom is -0.0152 e. The molecule has 2 aromatic rings. The monoisotopic (exact) mass is 168 g/mol. The molecule has 0 unspecified atom stereocenters. The molecule has 0 heteroatoms. The van der Waals surface area contributed by atoms with Crippen molar-refractivity contribution >= 4 is 10.8 Å². The molecule has 1 aliphatic carbocycles. The lowest BCUT2D eigenvalue weighted by atomic mass is 9.85. The van der Waals surface area contributed by atoms with Crippen molar-refractivity contribution < 1.29 is 0 Å². The Kier molecular flexibility index (Phi) is 1.29. The largest absolute Gasteiger partial charge is 0.0614 e. The van der Waals surface area contributed by atoms with E-state index in [-0.39, 0.29) is 0 Å². The Hall–Kier alpha value is -1.30. The molecule has 3 rings (SSSR count). The number of hydrogen-bond acceptors (Lipinski definition) is 0. The van der Waals surface area contributed by atoms with Crippen LogP contribution in [0.15, 0.2) is 30.3 Å². The van der Waals surface area contributed by atoms with E-state index >= 15 is 0 Å². The molecule has 0 nitrogen and oxygen atoms in total. The van der Waals surface area contributed by atoms with Crippen LogP contribution in [0.5, 0.6) is 0 Å². The first-order valence-corrected chi connectivity index (χ1v) is 4.86. The van der Waals surface area contributed by atoms with Gasteiger partial charge in [-0.3, -0.25) is 0 Å². The van der Waals surface area contributed by atoms with E-state index in [4.69, 9.17) is 0 Å². The second kappa shape index (κ2) is 2.35. The predicted octanol–water partition coefficient (Wildman–Crippen LogP) is 3.25. The summed E-state index contributed by atoms with van der Waals surface area (Å²) in [4.78, 5) is 0. The fourth-order valence-electron chi connectivity index (χ4n) is 2.13. The average molecular weight is 168 g/mol. The molecule has 0 spiro atoms. The van der Waals surface area contributed by atoms with E-state index < -0.39 is 0 Å². The first-order chi connectivity index (χ1) is 6.34. The van der Waals surface area contributed by atoms with Crippen LogP contribution in [0.25, 0.3) is 10.8 Å². The summed E-state index contributed by atoms with van der Waals surface area (Å²) in [5.74, 6) is 0. The van der Waals surface area contributed by atoms with Gasteiger partial charge in [0.1, 0.15) is 0 Å². The molecule has 0 aromatic heterocycles. The van der Waals surface area contributed by atoms with Crippen molar-refractivity contribution in [1.82, 2.24) is 0 Å². The topological polar surface area (TPSA) is 0 Å². The minimum atomic E-state index is 1.28. The Morgan fingerprint density at radius 2 is 1.77 bits per heavy atom. The summed E-state index contributed by atoms with van der Waals surface area (Å²) in [6.45, 7) is 2.19. The summed E-state index contributed by atoms with van der Waals surface area (Å²) < 4.78 is 0. The molecule has 2 aromatic carbocycles. The molecule has 1 aliphatic rings. The number of rotatable bonds is 0. The molecule has 0 atom stereocenters. The Morgan fingerprint density at radius 3 is 2.54 bits per heavy atom. The minimum Gasteiger partial charge on any atom is -0.0614 e. The quantitative estimate of drug-likeness (QED) is 0.566. The lowest BCUT2D eigenvalue weighted by molar-refractivity contribution is 0.844. The highest BCUT2D eigenvalue weighted by atomic mass is 14.2. The third-order valence-electron chi connectivity index (χ3n) is 3.08. The molecule has 0 heterocycles. The van der Waals surface area contributed by atoms with E-state index in [9.17, 15) is 0 Å². The van der Waals surface area contributed by atoms with Crippen LogP contribution < -0.4 is 0 Å². The summed E-state index contributed by atoms with van der Waals surface area (Å²) in [7, 11) is 0. The van der Waals surface area contributed by atoms with Gasteiger partial charge >= 0.3 is 0 Å². The first-order valence-electron chi connectivity index (χ1n) is 4.86. The van der Waals surface area contributed by atoms with Gasteiger partial charge in [0.05, 0.1) is 0 Å². The van der Waals surface area contributed by atoms with E-state index in [1.807, 2.05) is 0 Å².